The molecule has 15 heavy (non-hydrogen) atoms. The first-order valence-corrected chi connectivity index (χ1v) is 5.54. The lowest BCUT2D eigenvalue weighted by atomic mass is 9.94. The van der Waals surface area contributed by atoms with E-state index in [1.54, 1.807) is 6.08 Å². The molecule has 1 rings (SSSR count). The predicted octanol–water partition coefficient (Wildman–Crippen LogP) is 3.36. The third-order valence-electron chi connectivity index (χ3n) is 2.91. The minimum absolute atomic E-state index is 0.399. The zero-order chi connectivity index (χ0) is 11.3. The lowest BCUT2D eigenvalue weighted by molar-refractivity contribution is 0.484. The Balaban J connectivity index is 2.35. The maximum absolute atomic E-state index is 12.4. The molecule has 0 bridgehead atoms. The van der Waals surface area contributed by atoms with Gasteiger partial charge in [0.25, 0.3) is 0 Å². The van der Waals surface area contributed by atoms with E-state index in [2.05, 4.69) is 25.4 Å². The molecule has 2 heteroatoms. The Hall–Kier alpha value is -0.890. The summed E-state index contributed by atoms with van der Waals surface area (Å²) in [6.07, 6.45) is 6.70. The van der Waals surface area contributed by atoms with Crippen molar-refractivity contribution in [3.63, 3.8) is 0 Å². The van der Waals surface area contributed by atoms with Gasteiger partial charge in [0.2, 0.25) is 0 Å². The first-order chi connectivity index (χ1) is 7.09. The Labute approximate surface area is 91.8 Å². The second-order valence-electron chi connectivity index (χ2n) is 4.29. The fraction of sp³-hybridized carbons (Fsp3) is 0.538. The summed E-state index contributed by atoms with van der Waals surface area (Å²) in [5, 5.41) is 3.45. The molecule has 0 saturated carbocycles. The van der Waals surface area contributed by atoms with E-state index in [4.69, 9.17) is 0 Å². The van der Waals surface area contributed by atoms with Gasteiger partial charge in [-0.05, 0) is 37.8 Å². The average molecular weight is 209 g/mol. The number of halogens is 1. The van der Waals surface area contributed by atoms with E-state index in [1.165, 1.54) is 18.9 Å². The zero-order valence-corrected chi connectivity index (χ0v) is 9.43. The van der Waals surface area contributed by atoms with Gasteiger partial charge in [0.05, 0.1) is 0 Å². The molecule has 84 valence electrons. The summed E-state index contributed by atoms with van der Waals surface area (Å²) in [5.41, 5.74) is 0.975. The molecule has 1 N–H and O–H groups in total. The quantitative estimate of drug-likeness (QED) is 0.685. The molecule has 2 unspecified atom stereocenters. The molecule has 0 radical (unpaired) electrons. The molecule has 1 heterocycles. The Kier molecular flexibility index (Phi) is 4.76. The summed E-state index contributed by atoms with van der Waals surface area (Å²) in [6.45, 7) is 10.4. The molecule has 0 aromatic carbocycles. The molecule has 0 amide bonds. The second-order valence-corrected chi connectivity index (χ2v) is 4.29. The van der Waals surface area contributed by atoms with Crippen LogP contribution in [0.1, 0.15) is 26.2 Å². The Morgan fingerprint density at radius 3 is 2.80 bits per heavy atom. The molecule has 0 aromatic rings. The van der Waals surface area contributed by atoms with Crippen LogP contribution in [0, 0.1) is 5.92 Å². The number of rotatable bonds is 5. The molecule has 1 nitrogen and oxygen atoms in total. The van der Waals surface area contributed by atoms with Crippen molar-refractivity contribution in [1.29, 1.82) is 0 Å². The van der Waals surface area contributed by atoms with Gasteiger partial charge in [-0.1, -0.05) is 31.7 Å². The molecule has 0 aliphatic carbocycles. The topological polar surface area (TPSA) is 12.0 Å². The van der Waals surface area contributed by atoms with Gasteiger partial charge in [-0.2, -0.15) is 0 Å². The highest BCUT2D eigenvalue weighted by Crippen LogP contribution is 2.20. The van der Waals surface area contributed by atoms with Crippen molar-refractivity contribution >= 4 is 0 Å². The van der Waals surface area contributed by atoms with Crippen LogP contribution < -0.4 is 5.32 Å². The molecule has 0 spiro atoms. The maximum Gasteiger partial charge on any atom is 0.116 e. The van der Waals surface area contributed by atoms with Gasteiger partial charge < -0.3 is 5.32 Å². The molecule has 1 fully saturated rings. The van der Waals surface area contributed by atoms with Crippen molar-refractivity contribution < 1.29 is 4.39 Å². The highest BCUT2D eigenvalue weighted by Gasteiger charge is 2.17. The fourth-order valence-electron chi connectivity index (χ4n) is 1.90. The number of allylic oxidation sites excluding steroid dienone is 4. The van der Waals surface area contributed by atoms with Gasteiger partial charge in [-0.15, -0.1) is 0 Å². The molecule has 1 aliphatic rings. The van der Waals surface area contributed by atoms with E-state index < -0.39 is 5.83 Å². The molecule has 1 aliphatic heterocycles. The zero-order valence-electron chi connectivity index (χ0n) is 9.43. The van der Waals surface area contributed by atoms with E-state index >= 15 is 0 Å². The fourth-order valence-corrected chi connectivity index (χ4v) is 1.90. The van der Waals surface area contributed by atoms with E-state index in [-0.39, 0.29) is 0 Å². The molecular weight excluding hydrogens is 189 g/mol. The third-order valence-corrected chi connectivity index (χ3v) is 2.91. The first kappa shape index (κ1) is 12.2. The van der Waals surface area contributed by atoms with Crippen molar-refractivity contribution in [3.05, 3.63) is 36.7 Å². The normalized spacial score (nSPS) is 23.2. The molecular formula is C13H20FN. The predicted molar refractivity (Wildman–Crippen MR) is 63.3 cm³/mol. The van der Waals surface area contributed by atoms with Crippen LogP contribution >= 0.6 is 0 Å². The summed E-state index contributed by atoms with van der Waals surface area (Å²) in [4.78, 5) is 0. The van der Waals surface area contributed by atoms with Gasteiger partial charge in [0.1, 0.15) is 5.83 Å². The summed E-state index contributed by atoms with van der Waals surface area (Å²) in [5.74, 6) is -0.0152. The van der Waals surface area contributed by atoms with Crippen molar-refractivity contribution in [2.45, 2.75) is 32.2 Å². The molecule has 2 atom stereocenters. The third kappa shape index (κ3) is 4.43. The highest BCUT2D eigenvalue weighted by molar-refractivity contribution is 5.22. The number of hydrogen-bond donors (Lipinski definition) is 1. The van der Waals surface area contributed by atoms with E-state index in [0.717, 1.165) is 18.5 Å². The van der Waals surface area contributed by atoms with Crippen LogP contribution in [-0.4, -0.2) is 12.6 Å². The van der Waals surface area contributed by atoms with Crippen LogP contribution in [0.3, 0.4) is 0 Å². The largest absolute Gasteiger partial charge is 0.314 e. The van der Waals surface area contributed by atoms with Gasteiger partial charge in [0.15, 0.2) is 0 Å². The van der Waals surface area contributed by atoms with Crippen molar-refractivity contribution in [2.75, 3.05) is 6.54 Å². The SMILES string of the molecule is C=C(F)/C=C\C(=C)C(C)CC1CCCN1. The van der Waals surface area contributed by atoms with E-state index in [0.29, 0.717) is 12.0 Å². The average Bonchev–Trinajstić information content (AvgIpc) is 2.66. The number of hydrogen-bond acceptors (Lipinski definition) is 1. The van der Waals surface area contributed by atoms with Crippen LogP contribution in [-0.2, 0) is 0 Å². The Morgan fingerprint density at radius 1 is 1.53 bits per heavy atom. The molecule has 0 aromatic heterocycles. The maximum atomic E-state index is 12.4. The minimum atomic E-state index is -0.414. The van der Waals surface area contributed by atoms with Crippen LogP contribution in [0.15, 0.2) is 36.7 Å². The van der Waals surface area contributed by atoms with Crippen LogP contribution in [0.4, 0.5) is 4.39 Å². The van der Waals surface area contributed by atoms with Gasteiger partial charge in [-0.25, -0.2) is 4.39 Å². The molecule has 1 saturated heterocycles. The van der Waals surface area contributed by atoms with E-state index in [1.807, 2.05) is 0 Å². The Bertz CT molecular complexity index is 262. The van der Waals surface area contributed by atoms with Gasteiger partial charge in [-0.3, -0.25) is 0 Å². The standard InChI is InChI=1S/C13H20FN/c1-10(6-7-12(3)14)11(2)9-13-5-4-8-15-13/h6-7,11,13,15H,1,3-5,8-9H2,2H3/b7-6-. The summed E-state index contributed by atoms with van der Waals surface area (Å²) in [7, 11) is 0. The highest BCUT2D eigenvalue weighted by atomic mass is 19.1. The summed E-state index contributed by atoms with van der Waals surface area (Å²) < 4.78 is 12.4. The number of nitrogens with one attached hydrogen (secondary N) is 1. The van der Waals surface area contributed by atoms with Crippen LogP contribution in [0.5, 0.6) is 0 Å². The van der Waals surface area contributed by atoms with Crippen molar-refractivity contribution in [2.24, 2.45) is 5.92 Å². The Morgan fingerprint density at radius 2 is 2.27 bits per heavy atom. The summed E-state index contributed by atoms with van der Waals surface area (Å²) >= 11 is 0. The van der Waals surface area contributed by atoms with Crippen molar-refractivity contribution in [1.82, 2.24) is 5.32 Å². The van der Waals surface area contributed by atoms with Gasteiger partial charge in [0, 0.05) is 6.04 Å². The van der Waals surface area contributed by atoms with E-state index in [9.17, 15) is 4.39 Å². The lowest BCUT2D eigenvalue weighted by Crippen LogP contribution is -2.23. The second kappa shape index (κ2) is 5.86. The summed E-state index contributed by atoms with van der Waals surface area (Å²) in [6, 6.07) is 0.610. The first-order valence-electron chi connectivity index (χ1n) is 5.54. The minimum Gasteiger partial charge on any atom is -0.314 e. The van der Waals surface area contributed by atoms with Crippen LogP contribution in [0.2, 0.25) is 0 Å². The van der Waals surface area contributed by atoms with Crippen LogP contribution in [0.25, 0.3) is 0 Å². The monoisotopic (exact) mass is 209 g/mol. The van der Waals surface area contributed by atoms with Crippen molar-refractivity contribution in [3.8, 4) is 0 Å². The smallest absolute Gasteiger partial charge is 0.116 e. The van der Waals surface area contributed by atoms with Gasteiger partial charge >= 0.3 is 0 Å². The lowest BCUT2D eigenvalue weighted by Gasteiger charge is -2.16.